The third-order valence-electron chi connectivity index (χ3n) is 5.09. The molecule has 9 nitrogen and oxygen atoms in total. The largest absolute Gasteiger partial charge is 0.379 e. The summed E-state index contributed by atoms with van der Waals surface area (Å²) in [6, 6.07) is 10.4. The van der Waals surface area contributed by atoms with E-state index in [1.54, 1.807) is 6.07 Å². The number of amides is 1. The van der Waals surface area contributed by atoms with Crippen LogP contribution < -0.4 is 9.62 Å². The van der Waals surface area contributed by atoms with Crippen LogP contribution in [-0.4, -0.2) is 66.2 Å². The molecule has 1 aliphatic heterocycles. The molecule has 1 aliphatic rings. The number of hydrogen-bond donors (Lipinski definition) is 1. The molecule has 13 heteroatoms. The number of nitrogens with one attached hydrogen (secondary N) is 1. The molecule has 1 N–H and O–H groups in total. The highest BCUT2D eigenvalue weighted by molar-refractivity contribution is 7.92. The van der Waals surface area contributed by atoms with Gasteiger partial charge in [0.2, 0.25) is 26.0 Å². The number of morpholine rings is 1. The fourth-order valence-electron chi connectivity index (χ4n) is 3.39. The molecule has 1 saturated heterocycles. The van der Waals surface area contributed by atoms with Crippen molar-refractivity contribution in [2.75, 3.05) is 48.7 Å². The molecular weight excluding hydrogens is 525 g/mol. The number of carbonyl (C=O) groups is 1. The molecular formula is C21H25Cl2N3O6S2. The monoisotopic (exact) mass is 549 g/mol. The van der Waals surface area contributed by atoms with E-state index in [-0.39, 0.29) is 40.9 Å². The molecule has 0 aliphatic carbocycles. The summed E-state index contributed by atoms with van der Waals surface area (Å²) in [6.45, 7) is 1.34. The van der Waals surface area contributed by atoms with Crippen LogP contribution in [0.1, 0.15) is 12.8 Å². The topological polar surface area (TPSA) is 113 Å². The van der Waals surface area contributed by atoms with Crippen molar-refractivity contribution in [3.8, 4) is 0 Å². The van der Waals surface area contributed by atoms with Crippen molar-refractivity contribution >= 4 is 60.5 Å². The molecule has 1 amide bonds. The van der Waals surface area contributed by atoms with Crippen molar-refractivity contribution in [1.82, 2.24) is 4.31 Å². The number of hydrogen-bond acceptors (Lipinski definition) is 6. The quantitative estimate of drug-likeness (QED) is 0.513. The summed E-state index contributed by atoms with van der Waals surface area (Å²) >= 11 is 12.1. The van der Waals surface area contributed by atoms with Gasteiger partial charge < -0.3 is 10.1 Å². The summed E-state index contributed by atoms with van der Waals surface area (Å²) in [5.41, 5.74) is 0.679. The van der Waals surface area contributed by atoms with Crippen molar-refractivity contribution in [3.05, 3.63) is 52.5 Å². The predicted molar refractivity (Wildman–Crippen MR) is 133 cm³/mol. The molecule has 1 heterocycles. The molecule has 1 fully saturated rings. The Hall–Kier alpha value is -1.89. The minimum absolute atomic E-state index is 0.0308. The second kappa shape index (κ2) is 11.2. The van der Waals surface area contributed by atoms with E-state index >= 15 is 0 Å². The first kappa shape index (κ1) is 26.7. The lowest BCUT2D eigenvalue weighted by Gasteiger charge is -2.26. The lowest BCUT2D eigenvalue weighted by atomic mass is 10.2. The molecule has 0 unspecified atom stereocenters. The second-order valence-corrected chi connectivity index (χ2v) is 12.3. The van der Waals surface area contributed by atoms with Crippen LogP contribution >= 0.6 is 23.2 Å². The fraction of sp³-hybridized carbons (Fsp3) is 0.381. The molecule has 0 aromatic heterocycles. The minimum atomic E-state index is -3.65. The van der Waals surface area contributed by atoms with E-state index in [9.17, 15) is 21.6 Å². The Balaban J connectivity index is 1.58. The van der Waals surface area contributed by atoms with Gasteiger partial charge in [0, 0.05) is 36.8 Å². The smallest absolute Gasteiger partial charge is 0.243 e. The van der Waals surface area contributed by atoms with Crippen molar-refractivity contribution < 1.29 is 26.4 Å². The molecule has 0 spiro atoms. The Labute approximate surface area is 209 Å². The highest BCUT2D eigenvalue weighted by Gasteiger charge is 2.26. The van der Waals surface area contributed by atoms with E-state index in [1.165, 1.54) is 40.7 Å². The normalized spacial score (nSPS) is 15.1. The first-order valence-electron chi connectivity index (χ1n) is 10.4. The summed E-state index contributed by atoms with van der Waals surface area (Å²) in [7, 11) is -7.27. The molecule has 3 rings (SSSR count). The van der Waals surface area contributed by atoms with Gasteiger partial charge in [0.05, 0.1) is 35.1 Å². The molecule has 2 aromatic carbocycles. The standard InChI is InChI=1S/C21H25Cl2N3O6S2/c1-33(28,29)26(20-15-16(22)4-9-19(20)23)10-2-3-21(27)24-17-5-7-18(8-6-17)34(30,31)25-11-13-32-14-12-25/h4-9,15H,2-3,10-14H2,1H3,(H,24,27). The van der Waals surface area contributed by atoms with E-state index in [4.69, 9.17) is 27.9 Å². The van der Waals surface area contributed by atoms with Crippen LogP contribution in [0, 0.1) is 0 Å². The molecule has 186 valence electrons. The van der Waals surface area contributed by atoms with Gasteiger partial charge in [-0.05, 0) is 48.9 Å². The summed E-state index contributed by atoms with van der Waals surface area (Å²) < 4.78 is 57.5. The molecule has 0 bridgehead atoms. The summed E-state index contributed by atoms with van der Waals surface area (Å²) in [5.74, 6) is -0.338. The van der Waals surface area contributed by atoms with Crippen molar-refractivity contribution in [2.24, 2.45) is 0 Å². The van der Waals surface area contributed by atoms with Crippen molar-refractivity contribution in [2.45, 2.75) is 17.7 Å². The maximum absolute atomic E-state index is 12.7. The van der Waals surface area contributed by atoms with Gasteiger partial charge in [0.1, 0.15) is 0 Å². The van der Waals surface area contributed by atoms with Gasteiger partial charge in [0.15, 0.2) is 0 Å². The molecule has 0 atom stereocenters. The maximum atomic E-state index is 12.7. The average molecular weight is 550 g/mol. The molecule has 34 heavy (non-hydrogen) atoms. The average Bonchev–Trinajstić information content (AvgIpc) is 2.79. The minimum Gasteiger partial charge on any atom is -0.379 e. The van der Waals surface area contributed by atoms with Gasteiger partial charge in [-0.3, -0.25) is 9.10 Å². The predicted octanol–water partition coefficient (Wildman–Crippen LogP) is 3.20. The third-order valence-corrected chi connectivity index (χ3v) is 8.74. The van der Waals surface area contributed by atoms with Gasteiger partial charge in [0.25, 0.3) is 0 Å². The number of halogens is 2. The van der Waals surface area contributed by atoms with Gasteiger partial charge in [-0.2, -0.15) is 4.31 Å². The Kier molecular flexibility index (Phi) is 8.82. The molecule has 0 saturated carbocycles. The summed E-state index contributed by atoms with van der Waals surface area (Å²) in [4.78, 5) is 12.5. The zero-order valence-corrected chi connectivity index (χ0v) is 21.6. The van der Waals surface area contributed by atoms with Gasteiger partial charge in [-0.25, -0.2) is 16.8 Å². The lowest BCUT2D eigenvalue weighted by Crippen LogP contribution is -2.40. The number of benzene rings is 2. The lowest BCUT2D eigenvalue weighted by molar-refractivity contribution is -0.116. The SMILES string of the molecule is CS(=O)(=O)N(CCCC(=O)Nc1ccc(S(=O)(=O)N2CCOCC2)cc1)c1cc(Cl)ccc1Cl. The van der Waals surface area contributed by atoms with E-state index in [0.717, 1.165) is 10.6 Å². The Morgan fingerprint density at radius 2 is 1.71 bits per heavy atom. The Bertz CT molecular complexity index is 1230. The number of nitrogens with zero attached hydrogens (tertiary/aromatic N) is 2. The zero-order chi connectivity index (χ0) is 24.9. The zero-order valence-electron chi connectivity index (χ0n) is 18.4. The first-order chi connectivity index (χ1) is 16.0. The van der Waals surface area contributed by atoms with Gasteiger partial charge in [-0.15, -0.1) is 0 Å². The molecule has 2 aromatic rings. The molecule has 0 radical (unpaired) electrons. The highest BCUT2D eigenvalue weighted by atomic mass is 35.5. The Morgan fingerprint density at radius 3 is 2.32 bits per heavy atom. The summed E-state index contributed by atoms with van der Waals surface area (Å²) in [6.07, 6.45) is 1.32. The number of anilines is 2. The fourth-order valence-corrected chi connectivity index (χ4v) is 6.21. The van der Waals surface area contributed by atoms with E-state index in [1.807, 2.05) is 0 Å². The second-order valence-electron chi connectivity index (χ2n) is 7.62. The number of rotatable bonds is 9. The third kappa shape index (κ3) is 6.83. The van der Waals surface area contributed by atoms with E-state index in [2.05, 4.69) is 5.32 Å². The van der Waals surface area contributed by atoms with E-state index < -0.39 is 20.0 Å². The van der Waals surface area contributed by atoms with Crippen molar-refractivity contribution in [3.63, 3.8) is 0 Å². The first-order valence-corrected chi connectivity index (χ1v) is 14.4. The van der Waals surface area contributed by atoms with Crippen LogP contribution in [0.25, 0.3) is 0 Å². The number of sulfonamides is 2. The van der Waals surface area contributed by atoms with Crippen LogP contribution in [0.5, 0.6) is 0 Å². The van der Waals surface area contributed by atoms with Crippen LogP contribution in [-0.2, 0) is 29.6 Å². The van der Waals surface area contributed by atoms with Crippen LogP contribution in [0.2, 0.25) is 10.0 Å². The van der Waals surface area contributed by atoms with Crippen LogP contribution in [0.3, 0.4) is 0 Å². The van der Waals surface area contributed by atoms with Crippen molar-refractivity contribution in [1.29, 1.82) is 0 Å². The van der Waals surface area contributed by atoms with E-state index in [0.29, 0.717) is 37.0 Å². The van der Waals surface area contributed by atoms with Gasteiger partial charge >= 0.3 is 0 Å². The maximum Gasteiger partial charge on any atom is 0.243 e. The van der Waals surface area contributed by atoms with Crippen LogP contribution in [0.4, 0.5) is 11.4 Å². The summed E-state index contributed by atoms with van der Waals surface area (Å²) in [5, 5.41) is 3.26. The number of carbonyl (C=O) groups excluding carboxylic acids is 1. The van der Waals surface area contributed by atoms with Crippen LogP contribution in [0.15, 0.2) is 47.4 Å². The number of ether oxygens (including phenoxy) is 1. The Morgan fingerprint density at radius 1 is 1.06 bits per heavy atom. The highest BCUT2D eigenvalue weighted by Crippen LogP contribution is 2.31. The van der Waals surface area contributed by atoms with Gasteiger partial charge in [-0.1, -0.05) is 23.2 Å².